The maximum absolute atomic E-state index is 11.0. The van der Waals surface area contributed by atoms with Crippen molar-refractivity contribution in [1.82, 2.24) is 0 Å². The summed E-state index contributed by atoms with van der Waals surface area (Å²) in [5.74, 6) is -1.08. The van der Waals surface area contributed by atoms with Crippen LogP contribution in [0.15, 0.2) is 24.3 Å². The fourth-order valence-corrected chi connectivity index (χ4v) is 3.68. The van der Waals surface area contributed by atoms with E-state index in [0.717, 1.165) is 37.7 Å². The molecule has 2 rings (SSSR count). The highest BCUT2D eigenvalue weighted by molar-refractivity contribution is 5.86. The highest BCUT2D eigenvalue weighted by Gasteiger charge is 2.54. The fourth-order valence-electron chi connectivity index (χ4n) is 3.68. The number of carboxylic acids is 1. The van der Waals surface area contributed by atoms with Crippen LogP contribution in [-0.4, -0.2) is 21.8 Å². The van der Waals surface area contributed by atoms with Crippen molar-refractivity contribution in [1.29, 1.82) is 0 Å². The summed E-state index contributed by atoms with van der Waals surface area (Å²) in [6, 6.07) is 0. The van der Waals surface area contributed by atoms with Gasteiger partial charge in [0.05, 0.1) is 5.60 Å². The van der Waals surface area contributed by atoms with Crippen LogP contribution in [0.4, 0.5) is 0 Å². The molecule has 0 spiro atoms. The second-order valence-electron chi connectivity index (χ2n) is 6.15. The molecule has 2 aliphatic rings. The lowest BCUT2D eigenvalue weighted by Crippen LogP contribution is -2.54. The fraction of sp³-hybridized carbons (Fsp3) is 0.667. The number of rotatable bonds is 2. The maximum atomic E-state index is 11.0. The first kappa shape index (κ1) is 13.3. The van der Waals surface area contributed by atoms with Crippen LogP contribution < -0.4 is 0 Å². The molecule has 100 valence electrons. The lowest BCUT2D eigenvalue weighted by Gasteiger charge is -2.55. The molecular weight excluding hydrogens is 228 g/mol. The Balaban J connectivity index is 2.26. The zero-order valence-corrected chi connectivity index (χ0v) is 11.0. The van der Waals surface area contributed by atoms with Crippen molar-refractivity contribution < 1.29 is 15.0 Å². The molecule has 18 heavy (non-hydrogen) atoms. The van der Waals surface area contributed by atoms with Gasteiger partial charge in [-0.1, -0.05) is 20.1 Å². The summed E-state index contributed by atoms with van der Waals surface area (Å²) in [5.41, 5.74) is 0.0486. The molecule has 2 N–H and O–H groups in total. The molecule has 0 saturated heterocycles. The van der Waals surface area contributed by atoms with E-state index in [1.54, 1.807) is 0 Å². The highest BCUT2D eigenvalue weighted by Crippen LogP contribution is 2.56. The maximum Gasteiger partial charge on any atom is 0.331 e. The van der Waals surface area contributed by atoms with Crippen LogP contribution in [0.3, 0.4) is 0 Å². The normalized spacial score (nSPS) is 40.1. The van der Waals surface area contributed by atoms with E-state index in [-0.39, 0.29) is 16.9 Å². The van der Waals surface area contributed by atoms with E-state index in [1.165, 1.54) is 0 Å². The summed E-state index contributed by atoms with van der Waals surface area (Å²) in [5, 5.41) is 20.0. The van der Waals surface area contributed by atoms with E-state index < -0.39 is 11.6 Å². The summed E-state index contributed by atoms with van der Waals surface area (Å²) in [6.07, 6.45) is 5.03. The minimum Gasteiger partial charge on any atom is -0.478 e. The Bertz CT molecular complexity index is 412. The Labute approximate surface area is 108 Å². The number of carboxylic acid groups (broad SMARTS) is 1. The Kier molecular flexibility index (Phi) is 3.14. The van der Waals surface area contributed by atoms with Gasteiger partial charge in [0.25, 0.3) is 0 Å². The first-order valence-electron chi connectivity index (χ1n) is 6.63. The molecule has 2 aliphatic carbocycles. The number of aliphatic carboxylic acids is 1. The van der Waals surface area contributed by atoms with Gasteiger partial charge in [0.1, 0.15) is 0 Å². The highest BCUT2D eigenvalue weighted by atomic mass is 16.4. The Morgan fingerprint density at radius 2 is 2.11 bits per heavy atom. The van der Waals surface area contributed by atoms with Crippen molar-refractivity contribution in [3.05, 3.63) is 24.3 Å². The smallest absolute Gasteiger partial charge is 0.331 e. The largest absolute Gasteiger partial charge is 0.478 e. The predicted octanol–water partition coefficient (Wildman–Crippen LogP) is 2.90. The van der Waals surface area contributed by atoms with Gasteiger partial charge in [-0.3, -0.25) is 0 Å². The molecule has 0 aromatic rings. The van der Waals surface area contributed by atoms with E-state index >= 15 is 0 Å². The standard InChI is InChI=1S/C15H22O3/c1-10-5-4-7-14(3)8-6-12(9-15(10,14)18)11(2)13(16)17/h12,18H,1-2,4-9H2,3H3,(H,16,17)/t12-,14-,15+/m1/s1. The first-order chi connectivity index (χ1) is 8.30. The van der Waals surface area contributed by atoms with Gasteiger partial charge in [-0.25, -0.2) is 4.79 Å². The van der Waals surface area contributed by atoms with Crippen LogP contribution >= 0.6 is 0 Å². The Morgan fingerprint density at radius 1 is 1.44 bits per heavy atom. The molecule has 3 heteroatoms. The average molecular weight is 250 g/mol. The molecule has 2 fully saturated rings. The quantitative estimate of drug-likeness (QED) is 0.585. The van der Waals surface area contributed by atoms with E-state index in [0.29, 0.717) is 6.42 Å². The minimum absolute atomic E-state index is 0.129. The minimum atomic E-state index is -0.950. The number of hydrogen-bond donors (Lipinski definition) is 2. The lowest BCUT2D eigenvalue weighted by atomic mass is 9.53. The van der Waals surface area contributed by atoms with Crippen LogP contribution in [0, 0.1) is 11.3 Å². The molecule has 0 heterocycles. The van der Waals surface area contributed by atoms with E-state index in [2.05, 4.69) is 20.1 Å². The second kappa shape index (κ2) is 4.23. The van der Waals surface area contributed by atoms with Gasteiger partial charge in [0.2, 0.25) is 0 Å². The third-order valence-corrected chi connectivity index (χ3v) is 5.14. The monoisotopic (exact) mass is 250 g/mol. The van der Waals surface area contributed by atoms with E-state index in [9.17, 15) is 9.90 Å². The van der Waals surface area contributed by atoms with Crippen molar-refractivity contribution in [3.63, 3.8) is 0 Å². The molecule has 3 atom stereocenters. The number of aliphatic hydroxyl groups is 1. The number of fused-ring (bicyclic) bond motifs is 1. The first-order valence-corrected chi connectivity index (χ1v) is 6.63. The van der Waals surface area contributed by atoms with Gasteiger partial charge in [-0.05, 0) is 50.0 Å². The van der Waals surface area contributed by atoms with Crippen LogP contribution in [-0.2, 0) is 4.79 Å². The Hall–Kier alpha value is -1.09. The summed E-state index contributed by atoms with van der Waals surface area (Å²) < 4.78 is 0. The predicted molar refractivity (Wildman–Crippen MR) is 70.2 cm³/mol. The number of carbonyl (C=O) groups is 1. The molecule has 0 unspecified atom stereocenters. The van der Waals surface area contributed by atoms with Crippen molar-refractivity contribution in [2.24, 2.45) is 11.3 Å². The average Bonchev–Trinajstić information content (AvgIpc) is 2.30. The molecule has 2 saturated carbocycles. The van der Waals surface area contributed by atoms with Gasteiger partial charge in [-0.15, -0.1) is 0 Å². The molecule has 0 aliphatic heterocycles. The summed E-state index contributed by atoms with van der Waals surface area (Å²) in [6.45, 7) is 9.79. The Morgan fingerprint density at radius 3 is 2.72 bits per heavy atom. The molecular formula is C15H22O3. The molecule has 3 nitrogen and oxygen atoms in total. The third-order valence-electron chi connectivity index (χ3n) is 5.14. The molecule has 0 radical (unpaired) electrons. The zero-order chi connectivity index (χ0) is 13.6. The van der Waals surface area contributed by atoms with Gasteiger partial charge < -0.3 is 10.2 Å². The summed E-state index contributed by atoms with van der Waals surface area (Å²) in [4.78, 5) is 11.0. The van der Waals surface area contributed by atoms with Gasteiger partial charge in [0.15, 0.2) is 0 Å². The second-order valence-corrected chi connectivity index (χ2v) is 6.15. The van der Waals surface area contributed by atoms with E-state index in [4.69, 9.17) is 5.11 Å². The van der Waals surface area contributed by atoms with E-state index in [1.807, 2.05) is 0 Å². The third kappa shape index (κ3) is 1.81. The van der Waals surface area contributed by atoms with Crippen molar-refractivity contribution in [3.8, 4) is 0 Å². The summed E-state index contributed by atoms with van der Waals surface area (Å²) in [7, 11) is 0. The van der Waals surface area contributed by atoms with Gasteiger partial charge in [-0.2, -0.15) is 0 Å². The van der Waals surface area contributed by atoms with Gasteiger partial charge in [0, 0.05) is 11.0 Å². The number of hydrogen-bond acceptors (Lipinski definition) is 2. The van der Waals surface area contributed by atoms with Crippen LogP contribution in [0.2, 0.25) is 0 Å². The molecule has 0 aromatic heterocycles. The van der Waals surface area contributed by atoms with Crippen molar-refractivity contribution in [2.75, 3.05) is 0 Å². The SMILES string of the molecule is C=C(C(=O)O)[C@@H]1CC[C@@]2(C)CCCC(=C)[C@@]2(O)C1. The summed E-state index contributed by atoms with van der Waals surface area (Å²) >= 11 is 0. The van der Waals surface area contributed by atoms with Crippen molar-refractivity contribution >= 4 is 5.97 Å². The topological polar surface area (TPSA) is 57.5 Å². The molecule has 0 aromatic carbocycles. The van der Waals surface area contributed by atoms with Crippen LogP contribution in [0.25, 0.3) is 0 Å². The van der Waals surface area contributed by atoms with Gasteiger partial charge >= 0.3 is 5.97 Å². The van der Waals surface area contributed by atoms with Crippen molar-refractivity contribution in [2.45, 2.75) is 51.0 Å². The molecule has 0 amide bonds. The molecule has 0 bridgehead atoms. The van der Waals surface area contributed by atoms with Crippen LogP contribution in [0.5, 0.6) is 0 Å². The van der Waals surface area contributed by atoms with Crippen LogP contribution in [0.1, 0.15) is 45.4 Å². The zero-order valence-electron chi connectivity index (χ0n) is 11.0. The lowest BCUT2D eigenvalue weighted by molar-refractivity contribution is -0.135.